The van der Waals surface area contributed by atoms with Gasteiger partial charge in [0.15, 0.2) is 23.1 Å². The van der Waals surface area contributed by atoms with Crippen LogP contribution in [-0.4, -0.2) is 34.2 Å². The molecule has 0 aliphatic heterocycles. The summed E-state index contributed by atoms with van der Waals surface area (Å²) in [6.07, 6.45) is 4.94. The van der Waals surface area contributed by atoms with Crippen LogP contribution in [0, 0.1) is 13.8 Å². The fraction of sp³-hybridized carbons (Fsp3) is 0.167. The molecular formula is C24H22N4O4S. The van der Waals surface area contributed by atoms with Gasteiger partial charge in [0.05, 0.1) is 36.5 Å². The Kier molecular flexibility index (Phi) is 6.60. The molecule has 1 N–H and O–H groups in total. The average Bonchev–Trinajstić information content (AvgIpc) is 3.36. The van der Waals surface area contributed by atoms with E-state index >= 15 is 0 Å². The summed E-state index contributed by atoms with van der Waals surface area (Å²) in [5, 5.41) is 3.41. The molecule has 0 saturated heterocycles. The molecule has 0 aliphatic rings. The van der Waals surface area contributed by atoms with Crippen LogP contribution in [0.15, 0.2) is 64.4 Å². The molecule has 0 saturated carbocycles. The first-order chi connectivity index (χ1) is 16.0. The van der Waals surface area contributed by atoms with Crippen LogP contribution in [0.4, 0.5) is 5.69 Å². The molecule has 168 valence electrons. The first kappa shape index (κ1) is 22.3. The van der Waals surface area contributed by atoms with Crippen LogP contribution in [0.2, 0.25) is 0 Å². The molecule has 3 heterocycles. The third-order valence-corrected chi connectivity index (χ3v) is 5.43. The molecule has 8 nitrogen and oxygen atoms in total. The maximum atomic E-state index is 13.0. The number of benzene rings is 1. The maximum absolute atomic E-state index is 13.0. The van der Waals surface area contributed by atoms with E-state index in [1.807, 2.05) is 31.4 Å². The zero-order valence-corrected chi connectivity index (χ0v) is 19.4. The second-order valence-electron chi connectivity index (χ2n) is 7.09. The monoisotopic (exact) mass is 462 g/mol. The van der Waals surface area contributed by atoms with Gasteiger partial charge in [0.25, 0.3) is 5.91 Å². The summed E-state index contributed by atoms with van der Waals surface area (Å²) >= 11 is 1.37. The fourth-order valence-electron chi connectivity index (χ4n) is 3.15. The minimum atomic E-state index is -0.321. The van der Waals surface area contributed by atoms with Gasteiger partial charge in [-0.25, -0.2) is 15.0 Å². The third-order valence-electron chi connectivity index (χ3n) is 4.75. The van der Waals surface area contributed by atoms with E-state index < -0.39 is 0 Å². The van der Waals surface area contributed by atoms with Crippen molar-refractivity contribution in [3.05, 3.63) is 71.7 Å². The van der Waals surface area contributed by atoms with Crippen molar-refractivity contribution >= 4 is 23.4 Å². The van der Waals surface area contributed by atoms with Crippen molar-refractivity contribution in [2.24, 2.45) is 0 Å². The summed E-state index contributed by atoms with van der Waals surface area (Å²) in [7, 11) is 1.59. The Morgan fingerprint density at radius 1 is 1.09 bits per heavy atom. The highest BCUT2D eigenvalue weighted by atomic mass is 32.2. The summed E-state index contributed by atoms with van der Waals surface area (Å²) in [5.41, 5.74) is 2.54. The SMILES string of the molecule is COc1cc(C)ccc1Oc1ccc(NC(=O)c2c(C)nc(-c3ccco3)nc2SC)cn1. The highest BCUT2D eigenvalue weighted by Gasteiger charge is 2.20. The molecule has 4 rings (SSSR count). The molecule has 9 heteroatoms. The predicted octanol–water partition coefficient (Wildman–Crippen LogP) is 5.52. The van der Waals surface area contributed by atoms with Gasteiger partial charge >= 0.3 is 0 Å². The Morgan fingerprint density at radius 2 is 1.94 bits per heavy atom. The lowest BCUT2D eigenvalue weighted by molar-refractivity contribution is 0.102. The molecule has 0 radical (unpaired) electrons. The van der Waals surface area contributed by atoms with Gasteiger partial charge < -0.3 is 19.2 Å². The first-order valence-corrected chi connectivity index (χ1v) is 11.3. The highest BCUT2D eigenvalue weighted by molar-refractivity contribution is 7.98. The van der Waals surface area contributed by atoms with E-state index in [0.717, 1.165) is 5.56 Å². The largest absolute Gasteiger partial charge is 0.493 e. The zero-order chi connectivity index (χ0) is 23.4. The smallest absolute Gasteiger partial charge is 0.260 e. The van der Waals surface area contributed by atoms with Crippen LogP contribution in [0.25, 0.3) is 11.6 Å². The first-order valence-electron chi connectivity index (χ1n) is 10.0. The van der Waals surface area contributed by atoms with Crippen molar-refractivity contribution in [1.29, 1.82) is 0 Å². The molecule has 0 aliphatic carbocycles. The van der Waals surface area contributed by atoms with Gasteiger partial charge in [0.1, 0.15) is 5.03 Å². The van der Waals surface area contributed by atoms with Crippen molar-refractivity contribution < 1.29 is 18.7 Å². The van der Waals surface area contributed by atoms with Crippen LogP contribution < -0.4 is 14.8 Å². The van der Waals surface area contributed by atoms with Crippen molar-refractivity contribution in [3.63, 3.8) is 0 Å². The van der Waals surface area contributed by atoms with Gasteiger partial charge in [0, 0.05) is 6.07 Å². The Balaban J connectivity index is 1.51. The lowest BCUT2D eigenvalue weighted by atomic mass is 10.2. The lowest BCUT2D eigenvalue weighted by Gasteiger charge is -2.12. The maximum Gasteiger partial charge on any atom is 0.260 e. The topological polar surface area (TPSA) is 99.4 Å². The van der Waals surface area contributed by atoms with Gasteiger partial charge in [-0.3, -0.25) is 4.79 Å². The van der Waals surface area contributed by atoms with Crippen LogP contribution in [0.3, 0.4) is 0 Å². The minimum Gasteiger partial charge on any atom is -0.493 e. The molecule has 4 aromatic rings. The summed E-state index contributed by atoms with van der Waals surface area (Å²) in [6, 6.07) is 12.6. The molecular weight excluding hydrogens is 440 g/mol. The number of aromatic nitrogens is 3. The number of anilines is 1. The Morgan fingerprint density at radius 3 is 2.61 bits per heavy atom. The summed E-state index contributed by atoms with van der Waals surface area (Å²) in [5.74, 6) is 2.22. The van der Waals surface area contributed by atoms with Crippen LogP contribution in [0.1, 0.15) is 21.6 Å². The number of thioether (sulfide) groups is 1. The fourth-order valence-corrected chi connectivity index (χ4v) is 3.77. The van der Waals surface area contributed by atoms with E-state index in [1.165, 1.54) is 18.0 Å². The Labute approximate surface area is 195 Å². The van der Waals surface area contributed by atoms with E-state index in [4.69, 9.17) is 13.9 Å². The highest BCUT2D eigenvalue weighted by Crippen LogP contribution is 2.32. The number of carbonyl (C=O) groups excluding carboxylic acids is 1. The molecule has 1 aromatic carbocycles. The molecule has 0 fully saturated rings. The number of nitrogens with zero attached hydrogens (tertiary/aromatic N) is 3. The van der Waals surface area contributed by atoms with E-state index in [2.05, 4.69) is 20.3 Å². The van der Waals surface area contributed by atoms with Crippen molar-refractivity contribution in [2.75, 3.05) is 18.7 Å². The minimum absolute atomic E-state index is 0.321. The van der Waals surface area contributed by atoms with Gasteiger partial charge in [-0.1, -0.05) is 6.07 Å². The number of hydrogen-bond donors (Lipinski definition) is 1. The van der Waals surface area contributed by atoms with E-state index in [9.17, 15) is 4.79 Å². The summed E-state index contributed by atoms with van der Waals surface area (Å²) in [6.45, 7) is 3.74. The van der Waals surface area contributed by atoms with Gasteiger partial charge in [-0.2, -0.15) is 0 Å². The van der Waals surface area contributed by atoms with Gasteiger partial charge in [-0.05, 0) is 56.0 Å². The number of amides is 1. The van der Waals surface area contributed by atoms with Crippen molar-refractivity contribution in [2.45, 2.75) is 18.9 Å². The number of carbonyl (C=O) groups is 1. The van der Waals surface area contributed by atoms with Crippen LogP contribution >= 0.6 is 11.8 Å². The number of nitrogens with one attached hydrogen (secondary N) is 1. The zero-order valence-electron chi connectivity index (χ0n) is 18.6. The lowest BCUT2D eigenvalue weighted by Crippen LogP contribution is -2.17. The third kappa shape index (κ3) is 4.98. The van der Waals surface area contributed by atoms with Gasteiger partial charge in [-0.15, -0.1) is 11.8 Å². The summed E-state index contributed by atoms with van der Waals surface area (Å²) in [4.78, 5) is 26.2. The molecule has 0 bridgehead atoms. The Hall–Kier alpha value is -3.85. The second kappa shape index (κ2) is 9.74. The quantitative estimate of drug-likeness (QED) is 0.283. The molecule has 1 amide bonds. The molecule has 0 spiro atoms. The van der Waals surface area contributed by atoms with E-state index in [0.29, 0.717) is 50.9 Å². The Bertz CT molecular complexity index is 1270. The molecule has 0 unspecified atom stereocenters. The number of methoxy groups -OCH3 is 1. The number of aryl methyl sites for hydroxylation is 2. The van der Waals surface area contributed by atoms with Crippen molar-refractivity contribution in [3.8, 4) is 29.0 Å². The van der Waals surface area contributed by atoms with Crippen LogP contribution in [0.5, 0.6) is 17.4 Å². The number of pyridine rings is 1. The number of hydrogen-bond acceptors (Lipinski definition) is 8. The van der Waals surface area contributed by atoms with E-state index in [-0.39, 0.29) is 5.91 Å². The second-order valence-corrected chi connectivity index (χ2v) is 7.88. The molecule has 33 heavy (non-hydrogen) atoms. The molecule has 0 atom stereocenters. The summed E-state index contributed by atoms with van der Waals surface area (Å²) < 4.78 is 16.6. The number of rotatable bonds is 7. The normalized spacial score (nSPS) is 10.7. The van der Waals surface area contributed by atoms with Crippen LogP contribution in [-0.2, 0) is 0 Å². The standard InChI is InChI=1S/C24H22N4O4S/c1-14-7-9-17(19(12-14)30-3)32-20-10-8-16(13-25-20)27-23(29)21-15(2)26-22(28-24(21)33-4)18-6-5-11-31-18/h5-13H,1-4H3,(H,27,29). The van der Waals surface area contributed by atoms with Crippen molar-refractivity contribution in [1.82, 2.24) is 15.0 Å². The molecule has 3 aromatic heterocycles. The number of ether oxygens (including phenoxy) is 2. The number of furan rings is 1. The van der Waals surface area contributed by atoms with E-state index in [1.54, 1.807) is 44.6 Å². The average molecular weight is 463 g/mol. The van der Waals surface area contributed by atoms with Gasteiger partial charge in [0.2, 0.25) is 5.88 Å². The predicted molar refractivity (Wildman–Crippen MR) is 126 cm³/mol.